The van der Waals surface area contributed by atoms with Gasteiger partial charge in [-0.2, -0.15) is 0 Å². The SMILES string of the molecule is CC/C(=C\F)CNC(=O)OC(C)(C)C. The van der Waals surface area contributed by atoms with Gasteiger partial charge < -0.3 is 10.1 Å². The predicted molar refractivity (Wildman–Crippen MR) is 53.7 cm³/mol. The van der Waals surface area contributed by atoms with Crippen LogP contribution in [0.25, 0.3) is 0 Å². The highest BCUT2D eigenvalue weighted by molar-refractivity contribution is 5.67. The van der Waals surface area contributed by atoms with E-state index in [4.69, 9.17) is 4.74 Å². The number of alkyl carbamates (subject to hydrolysis) is 1. The largest absolute Gasteiger partial charge is 0.444 e. The Morgan fingerprint density at radius 3 is 2.43 bits per heavy atom. The first-order valence-corrected chi connectivity index (χ1v) is 4.64. The summed E-state index contributed by atoms with van der Waals surface area (Å²) in [6, 6.07) is 0. The van der Waals surface area contributed by atoms with Crippen molar-refractivity contribution >= 4 is 6.09 Å². The van der Waals surface area contributed by atoms with Gasteiger partial charge >= 0.3 is 6.09 Å². The fourth-order valence-electron chi connectivity index (χ4n) is 0.741. The Morgan fingerprint density at radius 1 is 1.50 bits per heavy atom. The predicted octanol–water partition coefficient (Wildman–Crippen LogP) is 2.77. The van der Waals surface area contributed by atoms with Gasteiger partial charge in [-0.05, 0) is 32.8 Å². The average Bonchev–Trinajstić information content (AvgIpc) is 2.03. The lowest BCUT2D eigenvalue weighted by Crippen LogP contribution is -2.33. The molecule has 0 heterocycles. The lowest BCUT2D eigenvalue weighted by atomic mass is 10.2. The third-order valence-electron chi connectivity index (χ3n) is 1.47. The van der Waals surface area contributed by atoms with Crippen molar-refractivity contribution in [3.05, 3.63) is 11.9 Å². The molecule has 0 aromatic carbocycles. The van der Waals surface area contributed by atoms with Gasteiger partial charge in [-0.25, -0.2) is 9.18 Å². The molecule has 0 atom stereocenters. The van der Waals surface area contributed by atoms with Crippen LogP contribution >= 0.6 is 0 Å². The fourth-order valence-corrected chi connectivity index (χ4v) is 0.741. The van der Waals surface area contributed by atoms with Gasteiger partial charge in [0, 0.05) is 6.54 Å². The van der Waals surface area contributed by atoms with Crippen molar-refractivity contribution in [3.63, 3.8) is 0 Å². The summed E-state index contributed by atoms with van der Waals surface area (Å²) in [5.74, 6) is 0. The van der Waals surface area contributed by atoms with Crippen LogP contribution < -0.4 is 5.32 Å². The summed E-state index contributed by atoms with van der Waals surface area (Å²) < 4.78 is 17.1. The Hall–Kier alpha value is -1.06. The van der Waals surface area contributed by atoms with Crippen LogP contribution in [0.15, 0.2) is 11.9 Å². The smallest absolute Gasteiger partial charge is 0.407 e. The number of carbonyl (C=O) groups is 1. The maximum atomic E-state index is 12.1. The monoisotopic (exact) mass is 203 g/mol. The van der Waals surface area contributed by atoms with E-state index < -0.39 is 11.7 Å². The molecule has 4 heteroatoms. The molecule has 82 valence electrons. The van der Waals surface area contributed by atoms with Crippen molar-refractivity contribution in [2.24, 2.45) is 0 Å². The highest BCUT2D eigenvalue weighted by Crippen LogP contribution is 2.06. The van der Waals surface area contributed by atoms with Crippen molar-refractivity contribution in [2.45, 2.75) is 39.7 Å². The molecule has 0 fully saturated rings. The van der Waals surface area contributed by atoms with Crippen LogP contribution in [0.2, 0.25) is 0 Å². The minimum absolute atomic E-state index is 0.196. The molecule has 0 spiro atoms. The molecule has 0 saturated carbocycles. The molecular formula is C10H18FNO2. The molecule has 1 amide bonds. The highest BCUT2D eigenvalue weighted by Gasteiger charge is 2.15. The van der Waals surface area contributed by atoms with E-state index in [-0.39, 0.29) is 6.54 Å². The van der Waals surface area contributed by atoms with Crippen molar-refractivity contribution in [3.8, 4) is 0 Å². The summed E-state index contributed by atoms with van der Waals surface area (Å²) in [7, 11) is 0. The average molecular weight is 203 g/mol. The number of ether oxygens (including phenoxy) is 1. The molecule has 0 aliphatic rings. The van der Waals surface area contributed by atoms with E-state index in [0.717, 1.165) is 0 Å². The van der Waals surface area contributed by atoms with Crippen molar-refractivity contribution in [2.75, 3.05) is 6.54 Å². The van der Waals surface area contributed by atoms with Gasteiger partial charge in [0.1, 0.15) is 5.60 Å². The molecule has 0 aliphatic carbocycles. The first kappa shape index (κ1) is 12.9. The third kappa shape index (κ3) is 6.46. The lowest BCUT2D eigenvalue weighted by molar-refractivity contribution is 0.0532. The van der Waals surface area contributed by atoms with Crippen molar-refractivity contribution in [1.29, 1.82) is 0 Å². The zero-order valence-electron chi connectivity index (χ0n) is 9.19. The normalized spacial score (nSPS) is 12.5. The number of halogens is 1. The van der Waals surface area contributed by atoms with Crippen molar-refractivity contribution < 1.29 is 13.9 Å². The zero-order valence-corrected chi connectivity index (χ0v) is 9.19. The first-order valence-electron chi connectivity index (χ1n) is 4.64. The third-order valence-corrected chi connectivity index (χ3v) is 1.47. The van der Waals surface area contributed by atoms with Gasteiger partial charge in [0.15, 0.2) is 0 Å². The molecule has 3 nitrogen and oxygen atoms in total. The van der Waals surface area contributed by atoms with E-state index in [1.165, 1.54) is 0 Å². The van der Waals surface area contributed by atoms with Gasteiger partial charge in [-0.3, -0.25) is 0 Å². The topological polar surface area (TPSA) is 38.3 Å². The number of carbonyl (C=O) groups excluding carboxylic acids is 1. The molecule has 0 saturated heterocycles. The van der Waals surface area contributed by atoms with Crippen LogP contribution in [0.1, 0.15) is 34.1 Å². The minimum Gasteiger partial charge on any atom is -0.444 e. The van der Waals surface area contributed by atoms with Crippen LogP contribution in [0.5, 0.6) is 0 Å². The Bertz CT molecular complexity index is 219. The summed E-state index contributed by atoms with van der Waals surface area (Å²) in [6.45, 7) is 7.35. The molecule has 0 bridgehead atoms. The number of nitrogens with one attached hydrogen (secondary N) is 1. The highest BCUT2D eigenvalue weighted by atomic mass is 19.1. The lowest BCUT2D eigenvalue weighted by Gasteiger charge is -2.19. The maximum Gasteiger partial charge on any atom is 0.407 e. The van der Waals surface area contributed by atoms with Crippen LogP contribution in [0, 0.1) is 0 Å². The number of hydrogen-bond donors (Lipinski definition) is 1. The standard InChI is InChI=1S/C10H18FNO2/c1-5-8(6-11)7-12-9(13)14-10(2,3)4/h6H,5,7H2,1-4H3,(H,12,13)/b8-6+. The van der Waals surface area contributed by atoms with E-state index in [2.05, 4.69) is 5.32 Å². The van der Waals surface area contributed by atoms with Crippen LogP contribution in [0.3, 0.4) is 0 Å². The molecule has 0 aromatic rings. The second kappa shape index (κ2) is 5.62. The second-order valence-electron chi connectivity index (χ2n) is 3.98. The summed E-state index contributed by atoms with van der Waals surface area (Å²) in [5.41, 5.74) is 0.0199. The Morgan fingerprint density at radius 2 is 2.07 bits per heavy atom. The van der Waals surface area contributed by atoms with Gasteiger partial charge in [0.05, 0.1) is 6.33 Å². The van der Waals surface area contributed by atoms with E-state index in [1.807, 2.05) is 6.92 Å². The van der Waals surface area contributed by atoms with Gasteiger partial charge in [-0.1, -0.05) is 6.92 Å². The Balaban J connectivity index is 3.86. The fraction of sp³-hybridized carbons (Fsp3) is 0.700. The first-order chi connectivity index (χ1) is 6.39. The minimum atomic E-state index is -0.523. The van der Waals surface area contributed by atoms with Gasteiger partial charge in [0.25, 0.3) is 0 Å². The molecule has 14 heavy (non-hydrogen) atoms. The van der Waals surface area contributed by atoms with Crippen molar-refractivity contribution in [1.82, 2.24) is 5.32 Å². The van der Waals surface area contributed by atoms with E-state index in [0.29, 0.717) is 18.3 Å². The summed E-state index contributed by atoms with van der Waals surface area (Å²) in [5, 5.41) is 2.47. The number of rotatable bonds is 3. The Labute approximate surface area is 84.3 Å². The Kier molecular flexibility index (Phi) is 5.20. The molecule has 1 N–H and O–H groups in total. The number of amides is 1. The zero-order chi connectivity index (χ0) is 11.2. The molecular weight excluding hydrogens is 185 g/mol. The van der Waals surface area contributed by atoms with E-state index in [1.54, 1.807) is 20.8 Å². The van der Waals surface area contributed by atoms with Gasteiger partial charge in [0.2, 0.25) is 0 Å². The summed E-state index contributed by atoms with van der Waals surface area (Å²) in [4.78, 5) is 11.1. The summed E-state index contributed by atoms with van der Waals surface area (Å²) >= 11 is 0. The van der Waals surface area contributed by atoms with Crippen LogP contribution in [0.4, 0.5) is 9.18 Å². The molecule has 0 unspecified atom stereocenters. The molecule has 0 aliphatic heterocycles. The van der Waals surface area contributed by atoms with Crippen LogP contribution in [-0.4, -0.2) is 18.2 Å². The molecule has 0 aromatic heterocycles. The summed E-state index contributed by atoms with van der Waals surface area (Å²) in [6.07, 6.45) is 0.564. The maximum absolute atomic E-state index is 12.1. The quantitative estimate of drug-likeness (QED) is 0.766. The van der Waals surface area contributed by atoms with E-state index in [9.17, 15) is 9.18 Å². The second-order valence-corrected chi connectivity index (χ2v) is 3.98. The van der Waals surface area contributed by atoms with Gasteiger partial charge in [-0.15, -0.1) is 0 Å². The van der Waals surface area contributed by atoms with Crippen LogP contribution in [-0.2, 0) is 4.74 Å². The molecule has 0 rings (SSSR count). The molecule has 0 radical (unpaired) electrons. The number of hydrogen-bond acceptors (Lipinski definition) is 2. The van der Waals surface area contributed by atoms with E-state index >= 15 is 0 Å².